The molecule has 0 nitrogen and oxygen atoms in total. The van der Waals surface area contributed by atoms with Gasteiger partial charge in [-0.1, -0.05) is 18.2 Å². The van der Waals surface area contributed by atoms with Gasteiger partial charge < -0.3 is 0 Å². The van der Waals surface area contributed by atoms with E-state index in [1.54, 1.807) is 0 Å². The van der Waals surface area contributed by atoms with Gasteiger partial charge in [0.2, 0.25) is 0 Å². The van der Waals surface area contributed by atoms with Crippen molar-refractivity contribution in [3.63, 3.8) is 0 Å². The zero-order valence-corrected chi connectivity index (χ0v) is 31.2. The van der Waals surface area contributed by atoms with Crippen molar-refractivity contribution in [3.05, 3.63) is 34.9 Å². The Morgan fingerprint density at radius 1 is 0.217 bits per heavy atom. The molecule has 0 saturated carbocycles. The van der Waals surface area contributed by atoms with Crippen molar-refractivity contribution in [2.75, 3.05) is 0 Å². The summed E-state index contributed by atoms with van der Waals surface area (Å²) in [5.74, 6) is -124. The first kappa shape index (κ1) is 63.5. The highest BCUT2D eigenvalue weighted by Crippen LogP contribution is 2.64. The summed E-state index contributed by atoms with van der Waals surface area (Å²) in [5.41, 5.74) is -6.46. The second kappa shape index (κ2) is 17.3. The number of alkyl halides is 39. The molecule has 0 aliphatic heterocycles. The predicted molar refractivity (Wildman–Crippen MR) is 144 cm³/mol. The maximum atomic E-state index is 14.7. The topological polar surface area (TPSA) is 0 Å². The van der Waals surface area contributed by atoms with Crippen LogP contribution >= 0.6 is 0 Å². The van der Waals surface area contributed by atoms with Crippen molar-refractivity contribution in [2.45, 2.75) is 146 Å². The fraction of sp³-hybridized carbons (Fsp3) is 0.800. The van der Waals surface area contributed by atoms with Crippen LogP contribution in [0, 0.1) is 0 Å². The average molecular weight is 1120 g/mol. The van der Waals surface area contributed by atoms with Crippen LogP contribution in [0.15, 0.2) is 18.2 Å². The molecule has 0 amide bonds. The lowest BCUT2D eigenvalue weighted by molar-refractivity contribution is -0.440. The molecule has 1 aromatic rings. The highest BCUT2D eigenvalue weighted by atomic mass is 19.5. The number of hydrogen-bond donors (Lipinski definition) is 0. The molecule has 0 spiro atoms. The van der Waals surface area contributed by atoms with Gasteiger partial charge in [0.05, 0.1) is 0 Å². The molecule has 0 aliphatic rings. The second-order valence-corrected chi connectivity index (χ2v) is 14.1. The van der Waals surface area contributed by atoms with Gasteiger partial charge in [0.15, 0.2) is 0 Å². The minimum absolute atomic E-state index is 0.166. The lowest BCUT2D eigenvalue weighted by Crippen LogP contribution is -2.70. The largest absolute Gasteiger partial charge is 0.460 e. The summed E-state index contributed by atoms with van der Waals surface area (Å²) in [4.78, 5) is 0. The number of benzene rings is 1. The molecule has 0 bridgehead atoms. The first-order valence-electron chi connectivity index (χ1n) is 16.5. The van der Waals surface area contributed by atoms with E-state index in [1.165, 1.54) is 0 Å². The monoisotopic (exact) mass is 1120 g/mol. The van der Waals surface area contributed by atoms with E-state index in [1.807, 2.05) is 0 Å². The lowest BCUT2D eigenvalue weighted by Gasteiger charge is -2.40. The summed E-state index contributed by atoms with van der Waals surface area (Å²) < 4.78 is 529. The lowest BCUT2D eigenvalue weighted by atomic mass is 9.85. The zero-order chi connectivity index (χ0) is 56.1. The number of aryl methyl sites for hydroxylation is 2. The van der Waals surface area contributed by atoms with Gasteiger partial charge in [-0.05, 0) is 36.0 Å². The molecule has 1 rings (SSSR count). The zero-order valence-electron chi connectivity index (χ0n) is 31.2. The fourth-order valence-electron chi connectivity index (χ4n) is 5.22. The maximum Gasteiger partial charge on any atom is 0.460 e. The Morgan fingerprint density at radius 3 is 0.580 bits per heavy atom. The van der Waals surface area contributed by atoms with Crippen LogP contribution in [-0.4, -0.2) is 107 Å². The van der Waals surface area contributed by atoms with Crippen LogP contribution in [0.2, 0.25) is 0 Å². The van der Waals surface area contributed by atoms with Crippen LogP contribution in [0.1, 0.15) is 36.0 Å². The summed E-state index contributed by atoms with van der Waals surface area (Å²) in [6.45, 7) is 0. The highest BCUT2D eigenvalue weighted by molar-refractivity contribution is 5.37. The molecule has 0 radical (unpaired) electrons. The van der Waals surface area contributed by atoms with E-state index in [0.717, 1.165) is 0 Å². The Bertz CT molecular complexity index is 1840. The van der Waals surface area contributed by atoms with Crippen molar-refractivity contribution in [3.8, 4) is 0 Å². The van der Waals surface area contributed by atoms with E-state index in [2.05, 4.69) is 0 Å². The molecule has 0 atom stereocenters. The average Bonchev–Trinajstić information content (AvgIpc) is 3.13. The maximum absolute atomic E-state index is 14.7. The van der Waals surface area contributed by atoms with Gasteiger partial charge in [-0.3, -0.25) is 0 Å². The molecule has 0 heterocycles. The minimum atomic E-state index is -8.71. The van der Waals surface area contributed by atoms with Crippen LogP contribution in [0.3, 0.4) is 0 Å². The Morgan fingerprint density at radius 2 is 0.391 bits per heavy atom. The van der Waals surface area contributed by atoms with Gasteiger partial charge in [-0.15, -0.1) is 0 Å². The molecule has 0 aliphatic carbocycles. The number of hydrogen-bond acceptors (Lipinski definition) is 0. The van der Waals surface area contributed by atoms with E-state index >= 15 is 0 Å². The van der Waals surface area contributed by atoms with Gasteiger partial charge in [0.25, 0.3) is 0 Å². The van der Waals surface area contributed by atoms with Gasteiger partial charge in [-0.2, -0.15) is 171 Å². The van der Waals surface area contributed by atoms with Crippen molar-refractivity contribution in [1.82, 2.24) is 0 Å². The SMILES string of the molecule is FC(F)(F)C(F)(F)C(F)(F)C(F)(F)C(F)(F)C(F)(F)CCc1cccc(CCC(F)(F)C(F)(F)C(F)(F)C(F)(F)C(F)(F)C(F)(F)F)c1CCC(F)(F)C(F)(F)C(F)(F)C(F)(F)C(F)(F)C(F)(F)F. The minimum Gasteiger partial charge on any atom is -0.200 e. The van der Waals surface area contributed by atoms with Crippen LogP contribution in [-0.2, 0) is 19.3 Å². The van der Waals surface area contributed by atoms with Crippen molar-refractivity contribution in [2.24, 2.45) is 0 Å². The van der Waals surface area contributed by atoms with Crippen molar-refractivity contribution >= 4 is 0 Å². The Hall–Kier alpha value is -3.51. The van der Waals surface area contributed by atoms with Gasteiger partial charge >= 0.3 is 107 Å². The summed E-state index contributed by atoms with van der Waals surface area (Å²) in [6, 6.07) is -0.802. The fourth-order valence-corrected chi connectivity index (χ4v) is 5.22. The Labute approximate surface area is 353 Å². The number of halogens is 39. The first-order chi connectivity index (χ1) is 29.5. The molecular weight excluding hydrogens is 1100 g/mol. The molecule has 39 heteroatoms. The molecule has 0 unspecified atom stereocenters. The molecule has 0 saturated heterocycles. The molecule has 69 heavy (non-hydrogen) atoms. The predicted octanol–water partition coefficient (Wildman–Crippen LogP) is 15.7. The van der Waals surface area contributed by atoms with E-state index in [9.17, 15) is 171 Å². The first-order valence-corrected chi connectivity index (χ1v) is 16.5. The molecule has 408 valence electrons. The third-order valence-corrected chi connectivity index (χ3v) is 9.47. The Kier molecular flexibility index (Phi) is 15.9. The van der Waals surface area contributed by atoms with Crippen LogP contribution < -0.4 is 0 Å². The third-order valence-electron chi connectivity index (χ3n) is 9.47. The quantitative estimate of drug-likeness (QED) is 0.108. The molecule has 1 aromatic carbocycles. The van der Waals surface area contributed by atoms with E-state index < -0.39 is 163 Å². The molecule has 0 N–H and O–H groups in total. The molecular formula is C30H15F39. The van der Waals surface area contributed by atoms with Gasteiger partial charge in [0, 0.05) is 19.3 Å². The number of rotatable bonds is 21. The summed E-state index contributed by atoms with van der Waals surface area (Å²) >= 11 is 0. The Balaban J connectivity index is 4.11. The van der Waals surface area contributed by atoms with Crippen LogP contribution in [0.5, 0.6) is 0 Å². The normalized spacial score (nSPS) is 16.4. The van der Waals surface area contributed by atoms with Gasteiger partial charge in [0.1, 0.15) is 0 Å². The van der Waals surface area contributed by atoms with Crippen molar-refractivity contribution in [1.29, 1.82) is 0 Å². The molecule has 0 fully saturated rings. The van der Waals surface area contributed by atoms with E-state index in [0.29, 0.717) is 0 Å². The van der Waals surface area contributed by atoms with Crippen LogP contribution in [0.25, 0.3) is 0 Å². The van der Waals surface area contributed by atoms with E-state index in [-0.39, 0.29) is 18.2 Å². The highest BCUT2D eigenvalue weighted by Gasteiger charge is 2.93. The summed E-state index contributed by atoms with van der Waals surface area (Å²) in [7, 11) is 0. The summed E-state index contributed by atoms with van der Waals surface area (Å²) in [6.07, 6.45) is -43.6. The summed E-state index contributed by atoms with van der Waals surface area (Å²) in [5, 5.41) is 0. The second-order valence-electron chi connectivity index (χ2n) is 14.1. The molecule has 0 aromatic heterocycles. The van der Waals surface area contributed by atoms with E-state index in [4.69, 9.17) is 0 Å². The van der Waals surface area contributed by atoms with Crippen molar-refractivity contribution < 1.29 is 171 Å². The van der Waals surface area contributed by atoms with Gasteiger partial charge in [-0.25, -0.2) is 0 Å². The standard InChI is InChI=1S/C30H15F39/c31-13(32,16(37,38)19(43,44)22(49,50)25(55,56)28(61,62)63)7-4-10-2-1-3-11(5-8-14(33,34)17(39,40)20(45,46)23(51,52)26(57,58)29(64,65)66)12(10)6-9-15(35,36)18(41,42)21(47,48)24(53,54)27(59,60)30(67,68)69/h1-3H,4-9H2. The third kappa shape index (κ3) is 9.42. The smallest absolute Gasteiger partial charge is 0.200 e. The van der Waals surface area contributed by atoms with Crippen LogP contribution in [0.4, 0.5) is 171 Å².